The summed E-state index contributed by atoms with van der Waals surface area (Å²) in [5, 5.41) is 12.1. The molecule has 1 rings (SSSR count). The maximum atomic E-state index is 12.1. The minimum atomic E-state index is -0.872. The first kappa shape index (κ1) is 17.5. The lowest BCUT2D eigenvalue weighted by Crippen LogP contribution is -2.40. The summed E-state index contributed by atoms with van der Waals surface area (Å²) in [7, 11) is 0. The Hall–Kier alpha value is -1.59. The number of benzene rings is 1. The van der Waals surface area contributed by atoms with Crippen molar-refractivity contribution in [2.75, 3.05) is 18.4 Å². The quantitative estimate of drug-likeness (QED) is 0.812. The average molecular weight is 313 g/mol. The molecule has 0 heterocycles. The maximum Gasteiger partial charge on any atom is 0.304 e. The molecular formula is C15H21ClN2O3. The molecule has 1 atom stereocenters. The fraction of sp³-hybridized carbons (Fsp3) is 0.467. The Morgan fingerprint density at radius 1 is 1.43 bits per heavy atom. The molecule has 5 nitrogen and oxygen atoms in total. The number of nitrogens with zero attached hydrogens (tertiary/aromatic N) is 1. The number of anilines is 1. The molecule has 0 saturated carbocycles. The topological polar surface area (TPSA) is 69.6 Å². The molecule has 0 spiro atoms. The normalized spacial score (nSPS) is 12.2. The molecule has 0 saturated heterocycles. The van der Waals surface area contributed by atoms with Gasteiger partial charge in [0.1, 0.15) is 0 Å². The number of hydrogen-bond acceptors (Lipinski definition) is 3. The number of likely N-dealkylation sites (N-methyl/N-ethyl adjacent to an activating group) is 1. The molecule has 0 radical (unpaired) electrons. The van der Waals surface area contributed by atoms with E-state index in [9.17, 15) is 9.59 Å². The molecule has 116 valence electrons. The molecule has 1 aromatic carbocycles. The number of halogens is 1. The van der Waals surface area contributed by atoms with Gasteiger partial charge in [0, 0.05) is 6.04 Å². The first-order valence-electron chi connectivity index (χ1n) is 6.85. The van der Waals surface area contributed by atoms with Crippen molar-refractivity contribution in [2.45, 2.75) is 33.2 Å². The van der Waals surface area contributed by atoms with E-state index in [1.54, 1.807) is 19.1 Å². The Morgan fingerprint density at radius 2 is 2.10 bits per heavy atom. The highest BCUT2D eigenvalue weighted by atomic mass is 35.5. The molecule has 2 N–H and O–H groups in total. The summed E-state index contributed by atoms with van der Waals surface area (Å²) in [6.07, 6.45) is 0.00636. The van der Waals surface area contributed by atoms with Crippen LogP contribution in [-0.4, -0.2) is 41.0 Å². The molecule has 1 amide bonds. The Morgan fingerprint density at radius 3 is 2.62 bits per heavy atom. The first-order chi connectivity index (χ1) is 9.83. The van der Waals surface area contributed by atoms with Crippen molar-refractivity contribution in [2.24, 2.45) is 0 Å². The number of hydrogen-bond donors (Lipinski definition) is 2. The molecule has 0 aliphatic carbocycles. The predicted octanol–water partition coefficient (Wildman–Crippen LogP) is 2.77. The number of aryl methyl sites for hydroxylation is 1. The van der Waals surface area contributed by atoms with Gasteiger partial charge >= 0.3 is 5.97 Å². The smallest absolute Gasteiger partial charge is 0.304 e. The number of nitrogens with one attached hydrogen (secondary N) is 1. The van der Waals surface area contributed by atoms with E-state index in [1.165, 1.54) is 0 Å². The summed E-state index contributed by atoms with van der Waals surface area (Å²) in [6.45, 7) is 6.34. The van der Waals surface area contributed by atoms with Crippen LogP contribution < -0.4 is 5.32 Å². The van der Waals surface area contributed by atoms with Crippen molar-refractivity contribution in [3.8, 4) is 0 Å². The van der Waals surface area contributed by atoms with Crippen molar-refractivity contribution in [3.63, 3.8) is 0 Å². The van der Waals surface area contributed by atoms with E-state index in [4.69, 9.17) is 16.7 Å². The largest absolute Gasteiger partial charge is 0.481 e. The van der Waals surface area contributed by atoms with Crippen LogP contribution in [0.4, 0.5) is 5.69 Å². The molecular weight excluding hydrogens is 292 g/mol. The molecule has 0 aliphatic heterocycles. The number of rotatable bonds is 7. The fourth-order valence-electron chi connectivity index (χ4n) is 2.06. The number of amides is 1. The van der Waals surface area contributed by atoms with E-state index >= 15 is 0 Å². The van der Waals surface area contributed by atoms with Crippen LogP contribution in [0.5, 0.6) is 0 Å². The number of carboxylic acid groups (broad SMARTS) is 1. The van der Waals surface area contributed by atoms with Crippen LogP contribution in [0.15, 0.2) is 18.2 Å². The number of carboxylic acids is 1. The Labute approximate surface area is 129 Å². The van der Waals surface area contributed by atoms with Crippen molar-refractivity contribution >= 4 is 29.2 Å². The van der Waals surface area contributed by atoms with Crippen LogP contribution in [0.2, 0.25) is 5.02 Å². The first-order valence-corrected chi connectivity index (χ1v) is 7.23. The molecule has 1 unspecified atom stereocenters. The lowest BCUT2D eigenvalue weighted by molar-refractivity contribution is -0.138. The SMILES string of the molecule is CCN(CC(=O)Nc1ccc(C)cc1Cl)C(C)CC(=O)O. The average Bonchev–Trinajstić information content (AvgIpc) is 2.38. The van der Waals surface area contributed by atoms with Crippen LogP contribution in [0.1, 0.15) is 25.8 Å². The fourth-order valence-corrected chi connectivity index (χ4v) is 2.34. The molecule has 6 heteroatoms. The molecule has 1 aromatic rings. The van der Waals surface area contributed by atoms with Gasteiger partial charge < -0.3 is 10.4 Å². The van der Waals surface area contributed by atoms with Gasteiger partial charge in [-0.1, -0.05) is 24.6 Å². The van der Waals surface area contributed by atoms with E-state index in [0.29, 0.717) is 17.3 Å². The van der Waals surface area contributed by atoms with Crippen molar-refractivity contribution in [3.05, 3.63) is 28.8 Å². The highest BCUT2D eigenvalue weighted by molar-refractivity contribution is 6.33. The summed E-state index contributed by atoms with van der Waals surface area (Å²) >= 11 is 6.07. The molecule has 0 aromatic heterocycles. The van der Waals surface area contributed by atoms with E-state index in [0.717, 1.165) is 5.56 Å². The van der Waals surface area contributed by atoms with Crippen molar-refractivity contribution in [1.29, 1.82) is 0 Å². The maximum absolute atomic E-state index is 12.1. The third-order valence-electron chi connectivity index (χ3n) is 3.24. The zero-order valence-electron chi connectivity index (χ0n) is 12.5. The molecule has 0 fully saturated rings. The van der Waals surface area contributed by atoms with Crippen LogP contribution in [0, 0.1) is 6.92 Å². The highest BCUT2D eigenvalue weighted by Gasteiger charge is 2.18. The monoisotopic (exact) mass is 312 g/mol. The lowest BCUT2D eigenvalue weighted by atomic mass is 10.2. The van der Waals surface area contributed by atoms with Gasteiger partial charge in [0.15, 0.2) is 0 Å². The molecule has 0 aliphatic rings. The second kappa shape index (κ2) is 8.00. The van der Waals surface area contributed by atoms with Gasteiger partial charge in [-0.05, 0) is 38.1 Å². The summed E-state index contributed by atoms with van der Waals surface area (Å²) < 4.78 is 0. The van der Waals surface area contributed by atoms with Gasteiger partial charge in [0.05, 0.1) is 23.7 Å². The van der Waals surface area contributed by atoms with E-state index in [2.05, 4.69) is 5.32 Å². The van der Waals surface area contributed by atoms with Gasteiger partial charge in [-0.2, -0.15) is 0 Å². The number of carbonyl (C=O) groups is 2. The lowest BCUT2D eigenvalue weighted by Gasteiger charge is -2.26. The summed E-state index contributed by atoms with van der Waals surface area (Å²) in [6, 6.07) is 5.20. The van der Waals surface area contributed by atoms with Crippen LogP contribution in [0.3, 0.4) is 0 Å². The van der Waals surface area contributed by atoms with Crippen LogP contribution in [-0.2, 0) is 9.59 Å². The zero-order valence-corrected chi connectivity index (χ0v) is 13.3. The van der Waals surface area contributed by atoms with Gasteiger partial charge in [0.25, 0.3) is 0 Å². The number of aliphatic carboxylic acids is 1. The third kappa shape index (κ3) is 5.73. The second-order valence-corrected chi connectivity index (χ2v) is 5.45. The molecule has 0 bridgehead atoms. The van der Waals surface area contributed by atoms with Gasteiger partial charge in [0.2, 0.25) is 5.91 Å². The predicted molar refractivity (Wildman–Crippen MR) is 83.8 cm³/mol. The third-order valence-corrected chi connectivity index (χ3v) is 3.56. The van der Waals surface area contributed by atoms with E-state index in [1.807, 2.05) is 24.8 Å². The van der Waals surface area contributed by atoms with Gasteiger partial charge in [-0.15, -0.1) is 0 Å². The summed E-state index contributed by atoms with van der Waals surface area (Å²) in [5.74, 6) is -1.08. The molecule has 21 heavy (non-hydrogen) atoms. The second-order valence-electron chi connectivity index (χ2n) is 5.04. The van der Waals surface area contributed by atoms with Crippen molar-refractivity contribution in [1.82, 2.24) is 4.90 Å². The van der Waals surface area contributed by atoms with Gasteiger partial charge in [-0.3, -0.25) is 14.5 Å². The Balaban J connectivity index is 2.64. The summed E-state index contributed by atoms with van der Waals surface area (Å²) in [4.78, 5) is 24.6. The zero-order chi connectivity index (χ0) is 16.0. The van der Waals surface area contributed by atoms with E-state index < -0.39 is 5.97 Å². The standard InChI is InChI=1S/C15H21ClN2O3/c1-4-18(11(3)8-15(20)21)9-14(19)17-13-6-5-10(2)7-12(13)16/h5-7,11H,4,8-9H2,1-3H3,(H,17,19)(H,20,21). The van der Waals surface area contributed by atoms with E-state index in [-0.39, 0.29) is 24.9 Å². The minimum Gasteiger partial charge on any atom is -0.481 e. The van der Waals surface area contributed by atoms with Crippen LogP contribution in [0.25, 0.3) is 0 Å². The number of carbonyl (C=O) groups excluding carboxylic acids is 1. The van der Waals surface area contributed by atoms with Crippen LogP contribution >= 0.6 is 11.6 Å². The highest BCUT2D eigenvalue weighted by Crippen LogP contribution is 2.22. The minimum absolute atomic E-state index is 0.00636. The Bertz CT molecular complexity index is 520. The summed E-state index contributed by atoms with van der Waals surface area (Å²) in [5.41, 5.74) is 1.58. The Kier molecular flexibility index (Phi) is 6.65. The van der Waals surface area contributed by atoms with Crippen molar-refractivity contribution < 1.29 is 14.7 Å². The van der Waals surface area contributed by atoms with Gasteiger partial charge in [-0.25, -0.2) is 0 Å².